The second-order valence-electron chi connectivity index (χ2n) is 11.1. The average Bonchev–Trinajstić information content (AvgIpc) is 3.56. The highest BCUT2D eigenvalue weighted by atomic mass is 19.3. The Hall–Kier alpha value is -4.82. The molecular formula is C31H23F8N5O2. The van der Waals surface area contributed by atoms with Crippen molar-refractivity contribution in [2.45, 2.75) is 56.7 Å². The second-order valence-corrected chi connectivity index (χ2v) is 11.1. The maximum absolute atomic E-state index is 14.9. The van der Waals surface area contributed by atoms with Gasteiger partial charge in [-0.2, -0.15) is 13.9 Å². The van der Waals surface area contributed by atoms with Crippen LogP contribution in [0, 0.1) is 11.6 Å². The summed E-state index contributed by atoms with van der Waals surface area (Å²) in [6.45, 7) is -0.887. The first-order valence-electron chi connectivity index (χ1n) is 14.0. The zero-order valence-corrected chi connectivity index (χ0v) is 23.6. The summed E-state index contributed by atoms with van der Waals surface area (Å²) in [6.07, 6.45) is -5.25. The lowest BCUT2D eigenvalue weighted by molar-refractivity contribution is -0.123. The van der Waals surface area contributed by atoms with Crippen molar-refractivity contribution < 1.29 is 44.7 Å². The fraction of sp³-hybridized carbons (Fsp3) is 0.290. The summed E-state index contributed by atoms with van der Waals surface area (Å²) in [4.78, 5) is 29.8. The number of rotatable bonds is 8. The normalized spacial score (nSPS) is 16.9. The van der Waals surface area contributed by atoms with Crippen molar-refractivity contribution in [3.63, 3.8) is 0 Å². The predicted octanol–water partition coefficient (Wildman–Crippen LogP) is 6.48. The highest BCUT2D eigenvalue weighted by Gasteiger charge is 2.55. The zero-order chi connectivity index (χ0) is 33.0. The molecule has 7 nitrogen and oxygen atoms in total. The van der Waals surface area contributed by atoms with Gasteiger partial charge >= 0.3 is 0 Å². The standard InChI is InChI=1S/C31H23F8N5O2/c32-18-8-15(9-19(33)12-18)10-22(25-20(2-1-7-40-25)16-3-4-21-17(11-16)13-41-29(21)46)42-23(45)14-44-27-24(26(43-44)28(34)35)30(36,37)5-6-31(27,38)39/h1-4,7-9,11-12,22,28H,5-6,10,13-14H2,(H,41,46)(H,42,45)/t22-/m0/s1. The highest BCUT2D eigenvalue weighted by Crippen LogP contribution is 2.52. The molecular weight excluding hydrogens is 626 g/mol. The van der Waals surface area contributed by atoms with Crippen LogP contribution in [0.2, 0.25) is 0 Å². The van der Waals surface area contributed by atoms with Crippen molar-refractivity contribution in [2.75, 3.05) is 0 Å². The van der Waals surface area contributed by atoms with Crippen LogP contribution in [0.1, 0.15) is 69.4 Å². The van der Waals surface area contributed by atoms with Gasteiger partial charge in [0, 0.05) is 42.8 Å². The number of hydrogen-bond donors (Lipinski definition) is 2. The van der Waals surface area contributed by atoms with Crippen molar-refractivity contribution in [1.29, 1.82) is 0 Å². The highest BCUT2D eigenvalue weighted by molar-refractivity contribution is 5.99. The Morgan fingerprint density at radius 1 is 0.957 bits per heavy atom. The quantitative estimate of drug-likeness (QED) is 0.214. The van der Waals surface area contributed by atoms with Crippen LogP contribution in [0.25, 0.3) is 11.1 Å². The molecule has 1 atom stereocenters. The Morgan fingerprint density at radius 2 is 1.67 bits per heavy atom. The van der Waals surface area contributed by atoms with Crippen LogP contribution in [-0.2, 0) is 36.1 Å². The minimum Gasteiger partial charge on any atom is -0.348 e. The minimum atomic E-state index is -4.03. The van der Waals surface area contributed by atoms with Gasteiger partial charge in [0.25, 0.3) is 24.2 Å². The summed E-state index contributed by atoms with van der Waals surface area (Å²) >= 11 is 0. The summed E-state index contributed by atoms with van der Waals surface area (Å²) < 4.78 is 115. The molecule has 0 spiro atoms. The molecule has 1 aliphatic carbocycles. The number of nitrogens with one attached hydrogen (secondary N) is 2. The Balaban J connectivity index is 1.39. The second kappa shape index (κ2) is 11.5. The average molecular weight is 650 g/mol. The molecule has 46 heavy (non-hydrogen) atoms. The van der Waals surface area contributed by atoms with Crippen LogP contribution >= 0.6 is 0 Å². The molecule has 2 N–H and O–H groups in total. The molecule has 0 radical (unpaired) electrons. The fourth-order valence-corrected chi connectivity index (χ4v) is 5.93. The van der Waals surface area contributed by atoms with Gasteiger partial charge in [0.15, 0.2) is 0 Å². The number of nitrogens with zero attached hydrogens (tertiary/aromatic N) is 3. The van der Waals surface area contributed by atoms with Crippen LogP contribution in [0.15, 0.2) is 54.7 Å². The molecule has 15 heteroatoms. The molecule has 0 fully saturated rings. The molecule has 0 bridgehead atoms. The van der Waals surface area contributed by atoms with E-state index >= 15 is 0 Å². The third-order valence-corrected chi connectivity index (χ3v) is 7.91. The monoisotopic (exact) mass is 649 g/mol. The van der Waals surface area contributed by atoms with Crippen LogP contribution in [0.4, 0.5) is 35.1 Å². The number of alkyl halides is 6. The molecule has 4 aromatic rings. The van der Waals surface area contributed by atoms with Crippen molar-refractivity contribution >= 4 is 11.8 Å². The van der Waals surface area contributed by atoms with E-state index in [2.05, 4.69) is 20.7 Å². The number of amides is 2. The van der Waals surface area contributed by atoms with Gasteiger partial charge in [0.05, 0.1) is 17.3 Å². The molecule has 3 heterocycles. The summed E-state index contributed by atoms with van der Waals surface area (Å²) in [5, 5.41) is 8.55. The first-order chi connectivity index (χ1) is 21.7. The van der Waals surface area contributed by atoms with E-state index in [4.69, 9.17) is 0 Å². The van der Waals surface area contributed by atoms with Crippen molar-refractivity contribution in [3.8, 4) is 11.1 Å². The van der Waals surface area contributed by atoms with Gasteiger partial charge < -0.3 is 10.6 Å². The Labute approximate surface area is 255 Å². The van der Waals surface area contributed by atoms with Crippen LogP contribution in [-0.4, -0.2) is 26.6 Å². The lowest BCUT2D eigenvalue weighted by Gasteiger charge is -2.29. The minimum absolute atomic E-state index is 0.0748. The molecule has 240 valence electrons. The molecule has 6 rings (SSSR count). The summed E-state index contributed by atoms with van der Waals surface area (Å²) in [6, 6.07) is 9.64. The van der Waals surface area contributed by atoms with E-state index in [0.29, 0.717) is 28.3 Å². The topological polar surface area (TPSA) is 88.9 Å². The van der Waals surface area contributed by atoms with E-state index in [9.17, 15) is 44.7 Å². The Bertz CT molecular complexity index is 1840. The lowest BCUT2D eigenvalue weighted by atomic mass is 9.89. The van der Waals surface area contributed by atoms with Crippen LogP contribution in [0.5, 0.6) is 0 Å². The van der Waals surface area contributed by atoms with Gasteiger partial charge in [-0.1, -0.05) is 12.1 Å². The van der Waals surface area contributed by atoms with E-state index in [0.717, 1.165) is 12.1 Å². The number of benzene rings is 2. The number of carbonyl (C=O) groups is 2. The Kier molecular flexibility index (Phi) is 7.81. The fourth-order valence-electron chi connectivity index (χ4n) is 5.93. The van der Waals surface area contributed by atoms with Crippen molar-refractivity contribution in [2.24, 2.45) is 0 Å². The molecule has 2 amide bonds. The van der Waals surface area contributed by atoms with Gasteiger partial charge in [-0.25, -0.2) is 26.3 Å². The number of hydrogen-bond acceptors (Lipinski definition) is 4. The first-order valence-corrected chi connectivity index (χ1v) is 14.0. The van der Waals surface area contributed by atoms with E-state index in [-0.39, 0.29) is 34.8 Å². The molecule has 1 aliphatic heterocycles. The Morgan fingerprint density at radius 3 is 2.39 bits per heavy atom. The SMILES string of the molecule is O=C(Cn1nc(C(F)F)c2c1C(F)(F)CCC2(F)F)N[C@@H](Cc1cc(F)cc(F)c1)c1ncccc1-c1ccc2c(c1)CNC2=O. The third-order valence-electron chi connectivity index (χ3n) is 7.91. The van der Waals surface area contributed by atoms with E-state index in [1.165, 1.54) is 6.20 Å². The van der Waals surface area contributed by atoms with E-state index < -0.39 is 78.2 Å². The molecule has 0 saturated carbocycles. The largest absolute Gasteiger partial charge is 0.348 e. The maximum atomic E-state index is 14.9. The van der Waals surface area contributed by atoms with E-state index in [1.807, 2.05) is 0 Å². The molecule has 0 unspecified atom stereocenters. The molecule has 2 aromatic carbocycles. The van der Waals surface area contributed by atoms with Gasteiger partial charge in [-0.15, -0.1) is 0 Å². The lowest BCUT2D eigenvalue weighted by Crippen LogP contribution is -2.37. The van der Waals surface area contributed by atoms with Crippen molar-refractivity contribution in [1.82, 2.24) is 25.4 Å². The predicted molar refractivity (Wildman–Crippen MR) is 146 cm³/mol. The smallest absolute Gasteiger partial charge is 0.290 e. The molecule has 2 aliphatic rings. The van der Waals surface area contributed by atoms with Gasteiger partial charge in [0.1, 0.15) is 29.6 Å². The third kappa shape index (κ3) is 5.81. The number of aromatic nitrogens is 3. The summed E-state index contributed by atoms with van der Waals surface area (Å²) in [5.41, 5.74) is -2.23. The zero-order valence-electron chi connectivity index (χ0n) is 23.6. The van der Waals surface area contributed by atoms with Crippen molar-refractivity contribution in [3.05, 3.63) is 106 Å². The number of halogens is 8. The van der Waals surface area contributed by atoms with Crippen LogP contribution < -0.4 is 10.6 Å². The number of carbonyl (C=O) groups excluding carboxylic acids is 2. The van der Waals surface area contributed by atoms with Crippen LogP contribution in [0.3, 0.4) is 0 Å². The van der Waals surface area contributed by atoms with Gasteiger partial charge in [0.2, 0.25) is 5.91 Å². The van der Waals surface area contributed by atoms with Gasteiger partial charge in [-0.3, -0.25) is 19.3 Å². The summed E-state index contributed by atoms with van der Waals surface area (Å²) in [5.74, 6) is -11.2. The first kappa shape index (κ1) is 31.2. The van der Waals surface area contributed by atoms with Gasteiger partial charge in [-0.05, 0) is 53.4 Å². The van der Waals surface area contributed by atoms with E-state index in [1.54, 1.807) is 30.3 Å². The molecule has 0 saturated heterocycles. The maximum Gasteiger partial charge on any atom is 0.290 e. The molecule has 2 aromatic heterocycles. The number of fused-ring (bicyclic) bond motifs is 2. The number of pyridine rings is 1. The summed E-state index contributed by atoms with van der Waals surface area (Å²) in [7, 11) is 0.